The first-order valence-corrected chi connectivity index (χ1v) is 7.30. The Morgan fingerprint density at radius 1 is 0.720 bits per heavy atom. The van der Waals surface area contributed by atoms with Crippen molar-refractivity contribution in [1.29, 1.82) is 0 Å². The lowest BCUT2D eigenvalue weighted by Crippen LogP contribution is -1.86. The van der Waals surface area contributed by atoms with Gasteiger partial charge in [-0.1, -0.05) is 6.08 Å². The van der Waals surface area contributed by atoms with Gasteiger partial charge in [0.05, 0.1) is 9.85 Å². The van der Waals surface area contributed by atoms with Crippen LogP contribution in [0.4, 0.5) is 11.4 Å². The summed E-state index contributed by atoms with van der Waals surface area (Å²) in [6.45, 7) is 0. The van der Waals surface area contributed by atoms with Crippen LogP contribution in [0.15, 0.2) is 65.1 Å². The zero-order chi connectivity index (χ0) is 17.8. The smallest absolute Gasteiger partial charge is 0.269 e. The SMILES string of the molecule is O=[N+]([O-])c1ccc(/C=C/c2ccc(-c3ccc([N+](=O)[O-])cc3)o2)cc1. The van der Waals surface area contributed by atoms with Crippen molar-refractivity contribution in [3.05, 3.63) is 92.2 Å². The molecule has 3 rings (SSSR count). The fourth-order valence-corrected chi connectivity index (χ4v) is 2.23. The quantitative estimate of drug-likeness (QED) is 0.485. The number of hydrogen-bond donors (Lipinski definition) is 0. The fourth-order valence-electron chi connectivity index (χ4n) is 2.23. The molecule has 1 aromatic heterocycles. The van der Waals surface area contributed by atoms with Crippen LogP contribution in [0.2, 0.25) is 0 Å². The molecule has 0 N–H and O–H groups in total. The maximum absolute atomic E-state index is 10.7. The summed E-state index contributed by atoms with van der Waals surface area (Å²) in [6, 6.07) is 15.8. The Morgan fingerprint density at radius 2 is 1.28 bits per heavy atom. The van der Waals surface area contributed by atoms with Gasteiger partial charge in [0.2, 0.25) is 0 Å². The molecular formula is C18H12N2O5. The second-order valence-electron chi connectivity index (χ2n) is 5.19. The van der Waals surface area contributed by atoms with Crippen molar-refractivity contribution in [2.45, 2.75) is 0 Å². The number of non-ortho nitro benzene ring substituents is 2. The van der Waals surface area contributed by atoms with Crippen LogP contribution in [0.25, 0.3) is 23.5 Å². The molecule has 0 fully saturated rings. The van der Waals surface area contributed by atoms with E-state index in [0.29, 0.717) is 11.5 Å². The van der Waals surface area contributed by atoms with Crippen LogP contribution >= 0.6 is 0 Å². The Hall–Kier alpha value is -3.74. The number of nitrogens with zero attached hydrogens (tertiary/aromatic N) is 2. The molecule has 0 radical (unpaired) electrons. The number of furan rings is 1. The van der Waals surface area contributed by atoms with Crippen LogP contribution in [0, 0.1) is 20.2 Å². The van der Waals surface area contributed by atoms with Gasteiger partial charge < -0.3 is 4.42 Å². The molecule has 7 nitrogen and oxygen atoms in total. The molecule has 0 spiro atoms. The lowest BCUT2D eigenvalue weighted by Gasteiger charge is -1.96. The minimum Gasteiger partial charge on any atom is -0.457 e. The molecule has 2 aromatic carbocycles. The number of nitro benzene ring substituents is 2. The van der Waals surface area contributed by atoms with Crippen molar-refractivity contribution in [2.24, 2.45) is 0 Å². The Morgan fingerprint density at radius 3 is 1.84 bits per heavy atom. The minimum absolute atomic E-state index is 0.0218. The van der Waals surface area contributed by atoms with Crippen LogP contribution < -0.4 is 0 Å². The molecular weight excluding hydrogens is 324 g/mol. The Kier molecular flexibility index (Phi) is 4.38. The Labute approximate surface area is 142 Å². The van der Waals surface area contributed by atoms with Gasteiger partial charge in [-0.2, -0.15) is 0 Å². The third-order valence-electron chi connectivity index (χ3n) is 3.53. The van der Waals surface area contributed by atoms with E-state index < -0.39 is 9.85 Å². The summed E-state index contributed by atoms with van der Waals surface area (Å²) in [4.78, 5) is 20.4. The minimum atomic E-state index is -0.454. The first-order valence-electron chi connectivity index (χ1n) is 7.30. The summed E-state index contributed by atoms with van der Waals surface area (Å²) in [7, 11) is 0. The van der Waals surface area contributed by atoms with Gasteiger partial charge in [-0.25, -0.2) is 0 Å². The molecule has 0 aliphatic carbocycles. The molecule has 25 heavy (non-hydrogen) atoms. The normalized spacial score (nSPS) is 10.9. The van der Waals surface area contributed by atoms with Gasteiger partial charge in [0.25, 0.3) is 11.4 Å². The number of benzene rings is 2. The monoisotopic (exact) mass is 336 g/mol. The highest BCUT2D eigenvalue weighted by Gasteiger charge is 2.08. The van der Waals surface area contributed by atoms with Crippen LogP contribution in [-0.2, 0) is 0 Å². The van der Waals surface area contributed by atoms with Gasteiger partial charge in [-0.3, -0.25) is 20.2 Å². The molecule has 0 atom stereocenters. The van der Waals surface area contributed by atoms with Crippen molar-refractivity contribution >= 4 is 23.5 Å². The molecule has 124 valence electrons. The van der Waals surface area contributed by atoms with Gasteiger partial charge in [-0.05, 0) is 48.0 Å². The highest BCUT2D eigenvalue weighted by molar-refractivity contribution is 5.69. The van der Waals surface area contributed by atoms with E-state index in [4.69, 9.17) is 4.42 Å². The number of hydrogen-bond acceptors (Lipinski definition) is 5. The number of rotatable bonds is 5. The fraction of sp³-hybridized carbons (Fsp3) is 0. The molecule has 0 saturated heterocycles. The lowest BCUT2D eigenvalue weighted by atomic mass is 10.1. The second-order valence-corrected chi connectivity index (χ2v) is 5.19. The molecule has 0 aliphatic heterocycles. The predicted molar refractivity (Wildman–Crippen MR) is 92.8 cm³/mol. The average molecular weight is 336 g/mol. The van der Waals surface area contributed by atoms with Gasteiger partial charge >= 0.3 is 0 Å². The summed E-state index contributed by atoms with van der Waals surface area (Å²) in [5.74, 6) is 1.20. The molecule has 7 heteroatoms. The molecule has 0 bridgehead atoms. The zero-order valence-corrected chi connectivity index (χ0v) is 12.9. The molecule has 0 aliphatic rings. The van der Waals surface area contributed by atoms with E-state index in [2.05, 4.69) is 0 Å². The number of nitro groups is 2. The zero-order valence-electron chi connectivity index (χ0n) is 12.9. The maximum atomic E-state index is 10.7. The van der Waals surface area contributed by atoms with Crippen molar-refractivity contribution in [1.82, 2.24) is 0 Å². The van der Waals surface area contributed by atoms with Crippen LogP contribution in [0.5, 0.6) is 0 Å². The van der Waals surface area contributed by atoms with E-state index in [1.54, 1.807) is 48.6 Å². The van der Waals surface area contributed by atoms with Gasteiger partial charge in [0, 0.05) is 29.8 Å². The van der Waals surface area contributed by atoms with Gasteiger partial charge in [0.1, 0.15) is 11.5 Å². The van der Waals surface area contributed by atoms with Crippen LogP contribution in [-0.4, -0.2) is 9.85 Å². The third-order valence-corrected chi connectivity index (χ3v) is 3.53. The van der Waals surface area contributed by atoms with E-state index in [1.165, 1.54) is 24.3 Å². The molecule has 0 saturated carbocycles. The summed E-state index contributed by atoms with van der Waals surface area (Å²) < 4.78 is 5.69. The molecule has 1 heterocycles. The average Bonchev–Trinajstić information content (AvgIpc) is 3.09. The summed E-state index contributed by atoms with van der Waals surface area (Å²) >= 11 is 0. The van der Waals surface area contributed by atoms with E-state index in [1.807, 2.05) is 0 Å². The van der Waals surface area contributed by atoms with Crippen molar-refractivity contribution in [3.63, 3.8) is 0 Å². The van der Waals surface area contributed by atoms with Gasteiger partial charge in [-0.15, -0.1) is 0 Å². The highest BCUT2D eigenvalue weighted by atomic mass is 16.6. The van der Waals surface area contributed by atoms with Crippen molar-refractivity contribution < 1.29 is 14.3 Å². The van der Waals surface area contributed by atoms with E-state index >= 15 is 0 Å². The molecule has 0 unspecified atom stereocenters. The topological polar surface area (TPSA) is 99.4 Å². The van der Waals surface area contributed by atoms with Crippen LogP contribution in [0.1, 0.15) is 11.3 Å². The van der Waals surface area contributed by atoms with Crippen molar-refractivity contribution in [3.8, 4) is 11.3 Å². The Balaban J connectivity index is 1.74. The first kappa shape index (κ1) is 16.1. The van der Waals surface area contributed by atoms with Crippen molar-refractivity contribution in [2.75, 3.05) is 0 Å². The molecule has 3 aromatic rings. The van der Waals surface area contributed by atoms with Gasteiger partial charge in [0.15, 0.2) is 0 Å². The van der Waals surface area contributed by atoms with E-state index in [-0.39, 0.29) is 11.4 Å². The van der Waals surface area contributed by atoms with E-state index in [9.17, 15) is 20.2 Å². The summed E-state index contributed by atoms with van der Waals surface area (Å²) in [5, 5.41) is 21.3. The Bertz CT molecular complexity index is 940. The largest absolute Gasteiger partial charge is 0.457 e. The third kappa shape index (κ3) is 3.78. The molecule has 0 amide bonds. The lowest BCUT2D eigenvalue weighted by molar-refractivity contribution is -0.385. The maximum Gasteiger partial charge on any atom is 0.269 e. The van der Waals surface area contributed by atoms with Crippen LogP contribution in [0.3, 0.4) is 0 Å². The predicted octanol–water partition coefficient (Wildman–Crippen LogP) is 4.93. The summed E-state index contributed by atoms with van der Waals surface area (Å²) in [5.41, 5.74) is 1.60. The second kappa shape index (κ2) is 6.79. The standard InChI is InChI=1S/C18H12N2O5/c21-19(22)15-6-1-13(2-7-15)3-10-17-11-12-18(25-17)14-4-8-16(9-5-14)20(23)24/h1-12H/b10-3+. The first-order chi connectivity index (χ1) is 12.0. The van der Waals surface area contributed by atoms with E-state index in [0.717, 1.165) is 11.1 Å². The summed E-state index contributed by atoms with van der Waals surface area (Å²) in [6.07, 6.45) is 3.53. The highest BCUT2D eigenvalue weighted by Crippen LogP contribution is 2.25.